The second kappa shape index (κ2) is 13.0. The molecule has 0 aliphatic carbocycles. The largest absolute Gasteiger partial charge is 0.386 e. The first kappa shape index (κ1) is 33.6. The zero-order valence-electron chi connectivity index (χ0n) is 23.4. The Kier molecular flexibility index (Phi) is 9.48. The molecular weight excluding hydrogens is 715 g/mol. The van der Waals surface area contributed by atoms with Crippen LogP contribution in [0.4, 0.5) is 16.0 Å². The number of thiazole rings is 1. The van der Waals surface area contributed by atoms with Gasteiger partial charge in [0.1, 0.15) is 53.2 Å². The molecule has 4 aromatic rings. The van der Waals surface area contributed by atoms with Crippen LogP contribution in [0.15, 0.2) is 23.8 Å². The number of imidazole rings is 1. The minimum absolute atomic E-state index is 0.0321. The topological polar surface area (TPSA) is 253 Å². The van der Waals surface area contributed by atoms with Crippen molar-refractivity contribution in [2.24, 2.45) is 0 Å². The first-order chi connectivity index (χ1) is 21.8. The molecule has 9 atom stereocenters. The number of anilines is 2. The van der Waals surface area contributed by atoms with E-state index in [1.165, 1.54) is 24.3 Å². The molecule has 0 aromatic carbocycles. The summed E-state index contributed by atoms with van der Waals surface area (Å²) in [5.74, 6) is 0.150. The molecule has 2 fully saturated rings. The molecule has 0 saturated carbocycles. The van der Waals surface area contributed by atoms with Gasteiger partial charge in [0.2, 0.25) is 0 Å². The van der Waals surface area contributed by atoms with E-state index in [9.17, 15) is 18.8 Å². The lowest BCUT2D eigenvalue weighted by molar-refractivity contribution is -0.0504. The van der Waals surface area contributed by atoms with Crippen molar-refractivity contribution in [1.82, 2.24) is 34.1 Å². The van der Waals surface area contributed by atoms with Crippen LogP contribution in [0.1, 0.15) is 18.9 Å². The number of nitrogens with two attached hydrogens (primary N) is 2. The number of ether oxygens (including phenoxy) is 3. The van der Waals surface area contributed by atoms with Gasteiger partial charge in [-0.1, -0.05) is 35.8 Å². The Balaban J connectivity index is 1.21. The highest BCUT2D eigenvalue weighted by molar-refractivity contribution is 8.44. The minimum Gasteiger partial charge on any atom is -0.382 e. The van der Waals surface area contributed by atoms with Gasteiger partial charge >= 0.3 is 18.5 Å². The lowest BCUT2D eigenvalue weighted by atomic mass is 10.1. The van der Waals surface area contributed by atoms with Gasteiger partial charge in [-0.2, -0.15) is 0 Å². The first-order valence-corrected chi connectivity index (χ1v) is 19.4. The number of alkyl halides is 1. The Morgan fingerprint density at radius 3 is 2.48 bits per heavy atom. The summed E-state index contributed by atoms with van der Waals surface area (Å²) in [5.41, 5.74) is 12.4. The number of hydrogen-bond acceptors (Lipinski definition) is 17. The van der Waals surface area contributed by atoms with Crippen molar-refractivity contribution in [2.45, 2.75) is 49.5 Å². The van der Waals surface area contributed by atoms with Crippen molar-refractivity contribution in [3.63, 3.8) is 0 Å². The Hall–Kier alpha value is -2.27. The summed E-state index contributed by atoms with van der Waals surface area (Å²) >= 11 is 8.34. The fraction of sp³-hybridized carbons (Fsp3) is 0.524. The van der Waals surface area contributed by atoms with Crippen LogP contribution in [0.2, 0.25) is 0 Å². The van der Waals surface area contributed by atoms with Crippen LogP contribution in [-0.4, -0.2) is 89.9 Å². The fourth-order valence-corrected chi connectivity index (χ4v) is 8.06. The second-order valence-electron chi connectivity index (χ2n) is 10.0. The second-order valence-corrected chi connectivity index (χ2v) is 16.6. The van der Waals surface area contributed by atoms with Crippen LogP contribution < -0.4 is 16.3 Å². The molecular formula is C21H26FN9O10P2S3. The Morgan fingerprint density at radius 1 is 1.04 bits per heavy atom. The maximum absolute atomic E-state index is 15.1. The quantitative estimate of drug-likeness (QED) is 0.109. The van der Waals surface area contributed by atoms with Crippen LogP contribution >= 0.6 is 49.4 Å². The number of hydrogen-bond donors (Lipinski definition) is 5. The third kappa shape index (κ3) is 6.69. The molecule has 6 heterocycles. The van der Waals surface area contributed by atoms with Crippen LogP contribution in [0, 0.1) is 0 Å². The number of rotatable bonds is 11. The summed E-state index contributed by atoms with van der Waals surface area (Å²) in [6.07, 6.45) is -5.09. The van der Waals surface area contributed by atoms with Crippen molar-refractivity contribution in [3.8, 4) is 0 Å². The van der Waals surface area contributed by atoms with Gasteiger partial charge in [-0.15, -0.1) is 0 Å². The average Bonchev–Trinajstić information content (AvgIpc) is 3.74. The van der Waals surface area contributed by atoms with E-state index < -0.39 is 74.7 Å². The Bertz CT molecular complexity index is 1910. The highest BCUT2D eigenvalue weighted by Gasteiger charge is 2.51. The molecule has 46 heavy (non-hydrogen) atoms. The molecule has 0 radical (unpaired) electrons. The first-order valence-electron chi connectivity index (χ1n) is 13.1. The number of aromatic nitrogens is 7. The maximum Gasteiger partial charge on any atom is 0.386 e. The molecule has 19 nitrogen and oxygen atoms in total. The van der Waals surface area contributed by atoms with E-state index in [0.29, 0.717) is 0 Å². The fourth-order valence-electron chi connectivity index (χ4n) is 5.18. The van der Waals surface area contributed by atoms with Crippen molar-refractivity contribution in [2.75, 3.05) is 31.8 Å². The van der Waals surface area contributed by atoms with Gasteiger partial charge in [-0.3, -0.25) is 27.5 Å². The Labute approximate surface area is 272 Å². The molecule has 2 saturated heterocycles. The number of nitrogen functional groups attached to an aromatic ring is 2. The highest BCUT2D eigenvalue weighted by atomic mass is 32.7. The zero-order valence-corrected chi connectivity index (χ0v) is 27.8. The predicted molar refractivity (Wildman–Crippen MR) is 166 cm³/mol. The molecule has 0 amide bonds. The van der Waals surface area contributed by atoms with Crippen molar-refractivity contribution in [1.29, 1.82) is 0 Å². The van der Waals surface area contributed by atoms with Crippen molar-refractivity contribution >= 4 is 82.6 Å². The molecule has 1 unspecified atom stereocenters. The van der Waals surface area contributed by atoms with E-state index in [1.54, 1.807) is 0 Å². The average molecular weight is 742 g/mol. The summed E-state index contributed by atoms with van der Waals surface area (Å²) in [6, 6.07) is 0. The van der Waals surface area contributed by atoms with Gasteiger partial charge in [0.25, 0.3) is 0 Å². The third-order valence-corrected chi connectivity index (χ3v) is 10.5. The molecule has 0 spiro atoms. The highest BCUT2D eigenvalue weighted by Crippen LogP contribution is 2.57. The van der Waals surface area contributed by atoms with E-state index in [2.05, 4.69) is 49.4 Å². The number of halogens is 1. The standard InChI is InChI=1S/C21H26FN9O10P2S3/c1-36-12-10(4-37-42(33,34)44)40-20(31-18-14(46-21(31)32)16(24)26-6-28-18)13(12)41-43(35,45)38-3-8-2-9(22)19(39-8)30-7-29-11-15(23)25-5-27-17(11)30/h5-10,12-13,19-20H,2-4H2,1H3,(H,35,45)(H2,23,25,27)(H2,24,26,28)(H2,33,34,44)/t8-,9+,10+,12?,13+,19+,20+,43+/m0/s1. The molecule has 5 N–H and O–H groups in total. The van der Waals surface area contributed by atoms with E-state index in [0.717, 1.165) is 22.2 Å². The smallest absolute Gasteiger partial charge is 0.382 e. The number of thiol groups is 2. The molecule has 2 aliphatic heterocycles. The van der Waals surface area contributed by atoms with Crippen molar-refractivity contribution < 1.29 is 46.2 Å². The molecule has 25 heteroatoms. The van der Waals surface area contributed by atoms with Gasteiger partial charge in [-0.05, 0) is 0 Å². The summed E-state index contributed by atoms with van der Waals surface area (Å²) in [6.45, 7) is -9.56. The molecule has 6 rings (SSSR count). The molecule has 0 bridgehead atoms. The summed E-state index contributed by atoms with van der Waals surface area (Å²) < 4.78 is 76.7. The normalized spacial score (nSPS) is 29.4. The molecule has 2 aliphatic rings. The lowest BCUT2D eigenvalue weighted by Crippen LogP contribution is -2.38. The summed E-state index contributed by atoms with van der Waals surface area (Å²) in [4.78, 5) is 42.2. The van der Waals surface area contributed by atoms with E-state index in [1.807, 2.05) is 0 Å². The van der Waals surface area contributed by atoms with E-state index in [4.69, 9.17) is 39.2 Å². The van der Waals surface area contributed by atoms with Gasteiger partial charge in [0.05, 0.1) is 25.6 Å². The van der Waals surface area contributed by atoms with E-state index in [-0.39, 0.29) is 39.6 Å². The summed E-state index contributed by atoms with van der Waals surface area (Å²) in [7, 11) is 1.27. The Morgan fingerprint density at radius 2 is 1.76 bits per heavy atom. The SMILES string of the molecule is COC1[C@@H](O[P@](=O)(S)OC[C@@H]2C[C@@H](F)[C@H](n3cnc4c(N)ncnc43)O2)[C@H](n2c(=O)sc3c(N)ncnc32)O[C@@H]1CO[P@@](=O)(O)S. The number of methoxy groups -OCH3 is 1. The van der Waals surface area contributed by atoms with Gasteiger partial charge in [0, 0.05) is 13.5 Å². The third-order valence-electron chi connectivity index (χ3n) is 7.12. The van der Waals surface area contributed by atoms with Crippen molar-refractivity contribution in [3.05, 3.63) is 28.6 Å². The minimum atomic E-state index is -4.35. The maximum atomic E-state index is 15.1. The summed E-state index contributed by atoms with van der Waals surface area (Å²) in [5, 5.41) is 0. The van der Waals surface area contributed by atoms with E-state index >= 15 is 4.39 Å². The van der Waals surface area contributed by atoms with Gasteiger partial charge < -0.3 is 30.6 Å². The van der Waals surface area contributed by atoms with Crippen LogP contribution in [0.5, 0.6) is 0 Å². The van der Waals surface area contributed by atoms with Crippen LogP contribution in [-0.2, 0) is 36.9 Å². The molecule has 4 aromatic heterocycles. The predicted octanol–water partition coefficient (Wildman–Crippen LogP) is 1.88. The van der Waals surface area contributed by atoms with Gasteiger partial charge in [0.15, 0.2) is 29.6 Å². The monoisotopic (exact) mass is 741 g/mol. The zero-order chi connectivity index (χ0) is 33.0. The van der Waals surface area contributed by atoms with Crippen LogP contribution in [0.25, 0.3) is 21.5 Å². The number of nitrogens with zero attached hydrogens (tertiary/aromatic N) is 7. The lowest BCUT2D eigenvalue weighted by Gasteiger charge is -2.26. The number of fused-ring (bicyclic) bond motifs is 2. The van der Waals surface area contributed by atoms with Crippen LogP contribution in [0.3, 0.4) is 0 Å². The van der Waals surface area contributed by atoms with Gasteiger partial charge in [-0.25, -0.2) is 38.4 Å². The molecule has 250 valence electrons.